The van der Waals surface area contributed by atoms with E-state index in [1.807, 2.05) is 4.90 Å². The lowest BCUT2D eigenvalue weighted by atomic mass is 9.98. The van der Waals surface area contributed by atoms with Gasteiger partial charge in [-0.2, -0.15) is 0 Å². The van der Waals surface area contributed by atoms with E-state index < -0.39 is 0 Å². The number of hydrogen-bond donors (Lipinski definition) is 0. The van der Waals surface area contributed by atoms with E-state index in [9.17, 15) is 4.79 Å². The second kappa shape index (κ2) is 5.81. The average molecular weight is 351 g/mol. The second-order valence-electron chi connectivity index (χ2n) is 4.66. The van der Waals surface area contributed by atoms with Crippen LogP contribution >= 0.6 is 39.1 Å². The summed E-state index contributed by atoms with van der Waals surface area (Å²) in [6.45, 7) is 3.69. The van der Waals surface area contributed by atoms with Crippen molar-refractivity contribution in [1.29, 1.82) is 0 Å². The van der Waals surface area contributed by atoms with Gasteiger partial charge in [-0.25, -0.2) is 0 Å². The fraction of sp³-hybridized carbons (Fsp3) is 0.462. The van der Waals surface area contributed by atoms with E-state index in [1.54, 1.807) is 18.2 Å². The highest BCUT2D eigenvalue weighted by Crippen LogP contribution is 2.27. The number of rotatable bonds is 1. The summed E-state index contributed by atoms with van der Waals surface area (Å²) in [5.41, 5.74) is 0.523. The van der Waals surface area contributed by atoms with E-state index >= 15 is 0 Å². The van der Waals surface area contributed by atoms with Crippen LogP contribution in [0.1, 0.15) is 23.7 Å². The Balaban J connectivity index is 2.16. The Hall–Kier alpha value is -0.250. The van der Waals surface area contributed by atoms with Gasteiger partial charge < -0.3 is 4.90 Å². The van der Waals surface area contributed by atoms with Crippen LogP contribution in [0.5, 0.6) is 0 Å². The number of piperidine rings is 1. The van der Waals surface area contributed by atoms with Crippen LogP contribution in [0, 0.1) is 5.92 Å². The molecule has 1 amide bonds. The summed E-state index contributed by atoms with van der Waals surface area (Å²) in [5.74, 6) is 0.572. The van der Waals surface area contributed by atoms with Gasteiger partial charge >= 0.3 is 0 Å². The molecule has 0 N–H and O–H groups in total. The summed E-state index contributed by atoms with van der Waals surface area (Å²) in [5, 5.41) is 0.958. The van der Waals surface area contributed by atoms with Crippen molar-refractivity contribution in [2.24, 2.45) is 5.92 Å². The maximum atomic E-state index is 12.4. The first-order valence-corrected chi connectivity index (χ1v) is 7.54. The van der Waals surface area contributed by atoms with Crippen LogP contribution in [0.15, 0.2) is 18.2 Å². The van der Waals surface area contributed by atoms with E-state index in [4.69, 9.17) is 23.2 Å². The SMILES string of the molecule is CC1CCN(C(=O)c2ccc(Cl)cc2Cl)CC1Br. The molecule has 2 atom stereocenters. The molecule has 0 spiro atoms. The Bertz CT molecular complexity index is 466. The number of hydrogen-bond acceptors (Lipinski definition) is 1. The molecule has 1 aromatic carbocycles. The number of nitrogens with zero attached hydrogens (tertiary/aromatic N) is 1. The van der Waals surface area contributed by atoms with Gasteiger partial charge in [0.2, 0.25) is 0 Å². The van der Waals surface area contributed by atoms with Crippen molar-refractivity contribution in [3.8, 4) is 0 Å². The molecule has 1 heterocycles. The van der Waals surface area contributed by atoms with E-state index in [0.29, 0.717) is 26.4 Å². The van der Waals surface area contributed by atoms with Crippen molar-refractivity contribution >= 4 is 45.0 Å². The van der Waals surface area contributed by atoms with Crippen LogP contribution < -0.4 is 0 Å². The van der Waals surface area contributed by atoms with Crippen LogP contribution in [0.2, 0.25) is 10.0 Å². The smallest absolute Gasteiger partial charge is 0.255 e. The number of benzene rings is 1. The standard InChI is InChI=1S/C13H14BrCl2NO/c1-8-4-5-17(7-11(8)14)13(18)10-3-2-9(15)6-12(10)16/h2-3,6,8,11H,4-5,7H2,1H3. The zero-order chi connectivity index (χ0) is 13.3. The highest BCUT2D eigenvalue weighted by atomic mass is 79.9. The topological polar surface area (TPSA) is 20.3 Å². The molecular weight excluding hydrogens is 337 g/mol. The molecule has 1 fully saturated rings. The molecule has 0 saturated carbocycles. The summed E-state index contributed by atoms with van der Waals surface area (Å²) in [7, 11) is 0. The Morgan fingerprint density at radius 2 is 2.17 bits per heavy atom. The largest absolute Gasteiger partial charge is 0.337 e. The predicted octanol–water partition coefficient (Wildman–Crippen LogP) is 4.24. The summed E-state index contributed by atoms with van der Waals surface area (Å²) in [4.78, 5) is 14.6. The second-order valence-corrected chi connectivity index (χ2v) is 6.68. The Labute approximate surface area is 125 Å². The Morgan fingerprint density at radius 1 is 1.44 bits per heavy atom. The molecule has 0 bridgehead atoms. The van der Waals surface area contributed by atoms with Crippen LogP contribution in [0.3, 0.4) is 0 Å². The summed E-state index contributed by atoms with van der Waals surface area (Å²) >= 11 is 15.5. The first-order chi connectivity index (χ1) is 8.49. The molecular formula is C13H14BrCl2NO. The zero-order valence-corrected chi connectivity index (χ0v) is 13.1. The first-order valence-electron chi connectivity index (χ1n) is 5.87. The molecule has 5 heteroatoms. The third-order valence-electron chi connectivity index (χ3n) is 3.32. The van der Waals surface area contributed by atoms with Gasteiger partial charge in [0, 0.05) is 22.9 Å². The minimum absolute atomic E-state index is 0.0204. The molecule has 0 aromatic heterocycles. The van der Waals surface area contributed by atoms with Gasteiger partial charge in [0.25, 0.3) is 5.91 Å². The van der Waals surface area contributed by atoms with Gasteiger partial charge in [0.05, 0.1) is 10.6 Å². The Kier molecular flexibility index (Phi) is 4.57. The molecule has 1 aromatic rings. The van der Waals surface area contributed by atoms with Crippen molar-refractivity contribution in [3.63, 3.8) is 0 Å². The Morgan fingerprint density at radius 3 is 2.78 bits per heavy atom. The van der Waals surface area contributed by atoms with Crippen molar-refractivity contribution in [2.75, 3.05) is 13.1 Å². The summed E-state index contributed by atoms with van der Waals surface area (Å²) < 4.78 is 0. The number of carbonyl (C=O) groups is 1. The van der Waals surface area contributed by atoms with Gasteiger partial charge in [-0.1, -0.05) is 46.1 Å². The summed E-state index contributed by atoms with van der Waals surface area (Å²) in [6.07, 6.45) is 1.01. The van der Waals surface area contributed by atoms with Gasteiger partial charge in [-0.15, -0.1) is 0 Å². The van der Waals surface area contributed by atoms with Crippen molar-refractivity contribution in [3.05, 3.63) is 33.8 Å². The molecule has 18 heavy (non-hydrogen) atoms. The van der Waals surface area contributed by atoms with Gasteiger partial charge in [-0.3, -0.25) is 4.79 Å². The number of carbonyl (C=O) groups excluding carboxylic acids is 1. The van der Waals surface area contributed by atoms with Gasteiger partial charge in [-0.05, 0) is 30.5 Å². The molecule has 98 valence electrons. The molecule has 1 aliphatic rings. The van der Waals surface area contributed by atoms with Crippen LogP contribution in [-0.4, -0.2) is 28.7 Å². The van der Waals surface area contributed by atoms with E-state index in [2.05, 4.69) is 22.9 Å². The minimum Gasteiger partial charge on any atom is -0.337 e. The van der Waals surface area contributed by atoms with Crippen LogP contribution in [0.4, 0.5) is 0 Å². The van der Waals surface area contributed by atoms with Gasteiger partial charge in [0.15, 0.2) is 0 Å². The van der Waals surface area contributed by atoms with Crippen molar-refractivity contribution < 1.29 is 4.79 Å². The number of alkyl halides is 1. The molecule has 1 aliphatic heterocycles. The molecule has 2 nitrogen and oxygen atoms in total. The molecule has 0 aliphatic carbocycles. The molecule has 2 rings (SSSR count). The summed E-state index contributed by atoms with van der Waals surface area (Å²) in [6, 6.07) is 4.99. The third kappa shape index (κ3) is 3.01. The molecule has 2 unspecified atom stereocenters. The minimum atomic E-state index is -0.0204. The highest BCUT2D eigenvalue weighted by Gasteiger charge is 2.28. The third-order valence-corrected chi connectivity index (χ3v) is 5.06. The quantitative estimate of drug-likeness (QED) is 0.694. The lowest BCUT2D eigenvalue weighted by Gasteiger charge is -2.34. The average Bonchev–Trinajstić information content (AvgIpc) is 2.32. The lowest BCUT2D eigenvalue weighted by molar-refractivity contribution is 0.0706. The van der Waals surface area contributed by atoms with Crippen molar-refractivity contribution in [1.82, 2.24) is 4.90 Å². The number of amides is 1. The first kappa shape index (κ1) is 14.2. The van der Waals surface area contributed by atoms with Crippen LogP contribution in [-0.2, 0) is 0 Å². The van der Waals surface area contributed by atoms with E-state index in [-0.39, 0.29) is 5.91 Å². The fourth-order valence-electron chi connectivity index (χ4n) is 2.04. The van der Waals surface area contributed by atoms with Crippen LogP contribution in [0.25, 0.3) is 0 Å². The highest BCUT2D eigenvalue weighted by molar-refractivity contribution is 9.09. The zero-order valence-electron chi connectivity index (χ0n) is 10.00. The molecule has 1 saturated heterocycles. The normalized spacial score (nSPS) is 24.1. The fourth-order valence-corrected chi connectivity index (χ4v) is 3.14. The molecule has 0 radical (unpaired) electrons. The van der Waals surface area contributed by atoms with E-state index in [1.165, 1.54) is 0 Å². The maximum Gasteiger partial charge on any atom is 0.255 e. The predicted molar refractivity (Wildman–Crippen MR) is 78.9 cm³/mol. The monoisotopic (exact) mass is 349 g/mol. The maximum absolute atomic E-state index is 12.4. The van der Waals surface area contributed by atoms with E-state index in [0.717, 1.165) is 19.5 Å². The lowest BCUT2D eigenvalue weighted by Crippen LogP contribution is -2.43. The van der Waals surface area contributed by atoms with Crippen molar-refractivity contribution in [2.45, 2.75) is 18.2 Å². The van der Waals surface area contributed by atoms with Gasteiger partial charge in [0.1, 0.15) is 0 Å². The number of likely N-dealkylation sites (tertiary alicyclic amines) is 1. The number of halogens is 3.